The fourth-order valence-electron chi connectivity index (χ4n) is 1.91. The van der Waals surface area contributed by atoms with Gasteiger partial charge in [0.05, 0.1) is 11.6 Å². The maximum Gasteiger partial charge on any atom is 0.319 e. The van der Waals surface area contributed by atoms with Crippen LogP contribution >= 0.6 is 11.3 Å². The number of aromatic nitrogens is 1. The molecule has 1 aromatic heterocycles. The van der Waals surface area contributed by atoms with Gasteiger partial charge >= 0.3 is 6.03 Å². The maximum absolute atomic E-state index is 12.1. The highest BCUT2D eigenvalue weighted by molar-refractivity contribution is 7.09. The van der Waals surface area contributed by atoms with E-state index < -0.39 is 11.6 Å². The normalized spacial score (nSPS) is 12.8. The van der Waals surface area contributed by atoms with Gasteiger partial charge in [-0.1, -0.05) is 12.1 Å². The summed E-state index contributed by atoms with van der Waals surface area (Å²) in [5.41, 5.74) is 0.855. The van der Waals surface area contributed by atoms with Crippen molar-refractivity contribution in [3.05, 3.63) is 46.4 Å². The van der Waals surface area contributed by atoms with E-state index >= 15 is 0 Å². The molecule has 2 rings (SSSR count). The number of anilines is 1. The van der Waals surface area contributed by atoms with E-state index in [0.717, 1.165) is 10.6 Å². The van der Waals surface area contributed by atoms with Crippen molar-refractivity contribution in [2.45, 2.75) is 32.4 Å². The molecule has 0 radical (unpaired) electrons. The van der Waals surface area contributed by atoms with Gasteiger partial charge in [0.25, 0.3) is 0 Å². The number of rotatable bonds is 4. The van der Waals surface area contributed by atoms with Crippen molar-refractivity contribution in [3.8, 4) is 0 Å². The Morgan fingerprint density at radius 3 is 2.81 bits per heavy atom. The van der Waals surface area contributed by atoms with Gasteiger partial charge in [0, 0.05) is 17.3 Å². The third-order valence-electron chi connectivity index (χ3n) is 3.02. The summed E-state index contributed by atoms with van der Waals surface area (Å²) >= 11 is 1.50. The standard InChI is InChI=1S/C15H19N3O2S/c1-10(19)11-5-4-6-12(9-11)17-14(20)18-15(2,3)13-16-7-8-21-13/h4-10,19H,1-3H3,(H2,17,18,20). The summed E-state index contributed by atoms with van der Waals surface area (Å²) in [5.74, 6) is 0. The molecule has 1 atom stereocenters. The summed E-state index contributed by atoms with van der Waals surface area (Å²) in [6.45, 7) is 5.49. The van der Waals surface area contributed by atoms with Crippen molar-refractivity contribution in [3.63, 3.8) is 0 Å². The Bertz CT molecular complexity index is 609. The predicted octanol–water partition coefficient (Wildman–Crippen LogP) is 3.25. The van der Waals surface area contributed by atoms with Gasteiger partial charge in [0.1, 0.15) is 5.01 Å². The van der Waals surface area contributed by atoms with Crippen LogP contribution in [0.1, 0.15) is 37.4 Å². The van der Waals surface area contributed by atoms with Gasteiger partial charge in [-0.05, 0) is 38.5 Å². The molecule has 5 nitrogen and oxygen atoms in total. The SMILES string of the molecule is CC(O)c1cccc(NC(=O)NC(C)(C)c2nccs2)c1. The zero-order valence-corrected chi connectivity index (χ0v) is 13.1. The second kappa shape index (κ2) is 6.24. The molecule has 2 aromatic rings. The fourth-order valence-corrected chi connectivity index (χ4v) is 2.63. The van der Waals surface area contributed by atoms with Crippen LogP contribution < -0.4 is 10.6 Å². The number of amides is 2. The maximum atomic E-state index is 12.1. The Kier molecular flexibility index (Phi) is 4.59. The molecule has 0 aliphatic carbocycles. The molecule has 0 bridgehead atoms. The number of hydrogen-bond donors (Lipinski definition) is 3. The van der Waals surface area contributed by atoms with E-state index in [4.69, 9.17) is 0 Å². The zero-order valence-electron chi connectivity index (χ0n) is 12.3. The second-order valence-electron chi connectivity index (χ2n) is 5.34. The van der Waals surface area contributed by atoms with E-state index in [1.807, 2.05) is 25.3 Å². The summed E-state index contributed by atoms with van der Waals surface area (Å²) in [6, 6.07) is 6.83. The number of nitrogens with zero attached hydrogens (tertiary/aromatic N) is 1. The molecule has 112 valence electrons. The first kappa shape index (κ1) is 15.5. The fraction of sp³-hybridized carbons (Fsp3) is 0.333. The van der Waals surface area contributed by atoms with E-state index in [-0.39, 0.29) is 6.03 Å². The first-order chi connectivity index (χ1) is 9.88. The number of urea groups is 1. The van der Waals surface area contributed by atoms with Gasteiger partial charge in [0.2, 0.25) is 0 Å². The Labute approximate surface area is 128 Å². The lowest BCUT2D eigenvalue weighted by molar-refractivity contribution is 0.199. The molecule has 0 saturated heterocycles. The quantitative estimate of drug-likeness (QED) is 0.811. The van der Waals surface area contributed by atoms with Gasteiger partial charge in [-0.25, -0.2) is 9.78 Å². The lowest BCUT2D eigenvalue weighted by Crippen LogP contribution is -2.43. The van der Waals surface area contributed by atoms with Crippen LogP contribution in [0.25, 0.3) is 0 Å². The van der Waals surface area contributed by atoms with Crippen molar-refractivity contribution < 1.29 is 9.90 Å². The van der Waals surface area contributed by atoms with Gasteiger partial charge in [-0.2, -0.15) is 0 Å². The number of carbonyl (C=O) groups excluding carboxylic acids is 1. The first-order valence-corrected chi connectivity index (χ1v) is 7.53. The van der Waals surface area contributed by atoms with Crippen LogP contribution in [-0.4, -0.2) is 16.1 Å². The van der Waals surface area contributed by atoms with Crippen LogP contribution in [-0.2, 0) is 5.54 Å². The molecule has 1 heterocycles. The van der Waals surface area contributed by atoms with Gasteiger partial charge in [0.15, 0.2) is 0 Å². The third kappa shape index (κ3) is 4.03. The van der Waals surface area contributed by atoms with Gasteiger partial charge in [-0.3, -0.25) is 0 Å². The summed E-state index contributed by atoms with van der Waals surface area (Å²) in [6.07, 6.45) is 1.15. The molecule has 0 aliphatic heterocycles. The van der Waals surface area contributed by atoms with Crippen LogP contribution in [0.5, 0.6) is 0 Å². The molecule has 6 heteroatoms. The highest BCUT2D eigenvalue weighted by atomic mass is 32.1. The van der Waals surface area contributed by atoms with Crippen LogP contribution in [0.3, 0.4) is 0 Å². The minimum Gasteiger partial charge on any atom is -0.389 e. The Morgan fingerprint density at radius 1 is 1.43 bits per heavy atom. The lowest BCUT2D eigenvalue weighted by Gasteiger charge is -2.24. The van der Waals surface area contributed by atoms with Gasteiger partial charge < -0.3 is 15.7 Å². The minimum atomic E-state index is -0.568. The number of aliphatic hydroxyl groups excluding tert-OH is 1. The summed E-state index contributed by atoms with van der Waals surface area (Å²) in [7, 11) is 0. The summed E-state index contributed by atoms with van der Waals surface area (Å²) in [4.78, 5) is 16.3. The second-order valence-corrected chi connectivity index (χ2v) is 6.24. The van der Waals surface area contributed by atoms with E-state index in [1.165, 1.54) is 11.3 Å². The smallest absolute Gasteiger partial charge is 0.319 e. The van der Waals surface area contributed by atoms with Crippen molar-refractivity contribution >= 4 is 23.1 Å². The van der Waals surface area contributed by atoms with Crippen LogP contribution in [0, 0.1) is 0 Å². The minimum absolute atomic E-state index is 0.307. The molecule has 21 heavy (non-hydrogen) atoms. The predicted molar refractivity (Wildman–Crippen MR) is 84.4 cm³/mol. The van der Waals surface area contributed by atoms with Crippen molar-refractivity contribution in [1.29, 1.82) is 0 Å². The van der Waals surface area contributed by atoms with E-state index in [9.17, 15) is 9.90 Å². The molecule has 1 aromatic carbocycles. The van der Waals surface area contributed by atoms with E-state index in [1.54, 1.807) is 31.3 Å². The van der Waals surface area contributed by atoms with Crippen molar-refractivity contribution in [2.75, 3.05) is 5.32 Å². The Balaban J connectivity index is 2.03. The molecule has 0 fully saturated rings. The summed E-state index contributed by atoms with van der Waals surface area (Å²) < 4.78 is 0. The average Bonchev–Trinajstić information content (AvgIpc) is 2.92. The number of nitrogens with one attached hydrogen (secondary N) is 2. The Morgan fingerprint density at radius 2 is 2.19 bits per heavy atom. The molecular weight excluding hydrogens is 286 g/mol. The van der Waals surface area contributed by atoms with Gasteiger partial charge in [-0.15, -0.1) is 11.3 Å². The van der Waals surface area contributed by atoms with Crippen LogP contribution in [0.4, 0.5) is 10.5 Å². The largest absolute Gasteiger partial charge is 0.389 e. The molecule has 2 amide bonds. The van der Waals surface area contributed by atoms with Crippen molar-refractivity contribution in [1.82, 2.24) is 10.3 Å². The molecule has 3 N–H and O–H groups in total. The Hall–Kier alpha value is -1.92. The summed E-state index contributed by atoms with van der Waals surface area (Å²) in [5, 5.41) is 17.9. The molecule has 0 aliphatic rings. The van der Waals surface area contributed by atoms with Crippen LogP contribution in [0.2, 0.25) is 0 Å². The van der Waals surface area contributed by atoms with E-state index in [2.05, 4.69) is 15.6 Å². The molecule has 1 unspecified atom stereocenters. The van der Waals surface area contributed by atoms with Crippen LogP contribution in [0.15, 0.2) is 35.8 Å². The average molecular weight is 305 g/mol. The number of thiazole rings is 1. The zero-order chi connectivity index (χ0) is 15.5. The molecular formula is C15H19N3O2S. The number of carbonyl (C=O) groups is 1. The first-order valence-electron chi connectivity index (χ1n) is 6.65. The highest BCUT2D eigenvalue weighted by Crippen LogP contribution is 2.22. The van der Waals surface area contributed by atoms with E-state index in [0.29, 0.717) is 5.69 Å². The lowest BCUT2D eigenvalue weighted by atomic mass is 10.1. The number of benzene rings is 1. The molecule has 0 saturated carbocycles. The number of aliphatic hydroxyl groups is 1. The van der Waals surface area contributed by atoms with Crippen molar-refractivity contribution in [2.24, 2.45) is 0 Å². The topological polar surface area (TPSA) is 74.2 Å². The number of hydrogen-bond acceptors (Lipinski definition) is 4. The highest BCUT2D eigenvalue weighted by Gasteiger charge is 2.25. The monoisotopic (exact) mass is 305 g/mol. The molecule has 0 spiro atoms. The third-order valence-corrected chi connectivity index (χ3v) is 4.12.